The number of carbonyl (C=O) groups excluding carboxylic acids is 2. The number of nitriles is 1. The Morgan fingerprint density at radius 3 is 2.25 bits per heavy atom. The van der Waals surface area contributed by atoms with Crippen LogP contribution in [0.5, 0.6) is 0 Å². The predicted octanol–water partition coefficient (Wildman–Crippen LogP) is 8.43. The third-order valence-electron chi connectivity index (χ3n) is 6.06. The number of aryl methyl sites for hydroxylation is 1. The second kappa shape index (κ2) is 10.4. The van der Waals surface area contributed by atoms with Crippen molar-refractivity contribution in [2.24, 2.45) is 5.92 Å². The van der Waals surface area contributed by atoms with Crippen molar-refractivity contribution in [3.8, 4) is 6.07 Å². The van der Waals surface area contributed by atoms with Crippen LogP contribution in [0.4, 0.5) is 5.69 Å². The molecular formula is C26H16Cl6N2O2. The first-order valence-corrected chi connectivity index (χ1v) is 12.9. The number of nitrogens with one attached hydrogen (secondary N) is 1. The van der Waals surface area contributed by atoms with Gasteiger partial charge in [0.05, 0.1) is 37.6 Å². The van der Waals surface area contributed by atoms with Gasteiger partial charge in [0.2, 0.25) is 5.91 Å². The Morgan fingerprint density at radius 2 is 1.64 bits per heavy atom. The highest BCUT2D eigenvalue weighted by Gasteiger charge is 2.67. The largest absolute Gasteiger partial charge is 0.326 e. The molecule has 0 aromatic heterocycles. The minimum absolute atomic E-state index is 0.0872. The van der Waals surface area contributed by atoms with Crippen molar-refractivity contribution in [1.29, 1.82) is 5.26 Å². The van der Waals surface area contributed by atoms with Crippen LogP contribution in [0.3, 0.4) is 0 Å². The predicted molar refractivity (Wildman–Crippen MR) is 146 cm³/mol. The summed E-state index contributed by atoms with van der Waals surface area (Å²) >= 11 is 37.4. The molecule has 0 aliphatic heterocycles. The normalized spacial score (nSPS) is 17.8. The van der Waals surface area contributed by atoms with Gasteiger partial charge >= 0.3 is 0 Å². The minimum atomic E-state index is -1.37. The van der Waals surface area contributed by atoms with E-state index in [9.17, 15) is 9.59 Å². The van der Waals surface area contributed by atoms with Gasteiger partial charge in [-0.1, -0.05) is 52.5 Å². The highest BCUT2D eigenvalue weighted by molar-refractivity contribution is 6.54. The molecule has 1 fully saturated rings. The number of ketones is 1. The third-order valence-corrected chi connectivity index (χ3v) is 8.53. The van der Waals surface area contributed by atoms with E-state index in [-0.39, 0.29) is 37.9 Å². The molecule has 4 rings (SSSR count). The molecule has 2 atom stereocenters. The number of benzene rings is 3. The Morgan fingerprint density at radius 1 is 0.972 bits per heavy atom. The Hall–Kier alpha value is -1.97. The van der Waals surface area contributed by atoms with Crippen molar-refractivity contribution >= 4 is 87.0 Å². The summed E-state index contributed by atoms with van der Waals surface area (Å²) in [6, 6.07) is 15.0. The maximum Gasteiger partial charge on any atom is 0.231 e. The van der Waals surface area contributed by atoms with Crippen molar-refractivity contribution < 1.29 is 9.59 Å². The number of nitrogens with zero attached hydrogens (tertiary/aromatic N) is 1. The van der Waals surface area contributed by atoms with E-state index in [1.54, 1.807) is 36.4 Å². The summed E-state index contributed by atoms with van der Waals surface area (Å²) < 4.78 is -1.37. The van der Waals surface area contributed by atoms with E-state index in [0.29, 0.717) is 16.8 Å². The molecule has 1 N–H and O–H groups in total. The molecule has 4 nitrogen and oxygen atoms in total. The van der Waals surface area contributed by atoms with Gasteiger partial charge < -0.3 is 5.32 Å². The first-order valence-electron chi connectivity index (χ1n) is 10.6. The van der Waals surface area contributed by atoms with Crippen molar-refractivity contribution in [3.05, 3.63) is 96.4 Å². The lowest BCUT2D eigenvalue weighted by Gasteiger charge is -2.10. The molecule has 0 spiro atoms. The van der Waals surface area contributed by atoms with Crippen LogP contribution in [0.2, 0.25) is 20.1 Å². The fourth-order valence-electron chi connectivity index (χ4n) is 4.09. The SMILES string of the molecule is Cc1cc(C#N)ccc1CC(=O)c1cc(NC(=O)C2C(c3cc(Cl)c(Cl)c(Cl)c3)C2(Cl)Cl)ccc1Cl. The lowest BCUT2D eigenvalue weighted by Crippen LogP contribution is -2.17. The van der Waals surface area contributed by atoms with E-state index < -0.39 is 22.1 Å². The fraction of sp³-hybridized carbons (Fsp3) is 0.192. The van der Waals surface area contributed by atoms with Gasteiger partial charge in [0, 0.05) is 23.6 Å². The number of alkyl halides is 2. The van der Waals surface area contributed by atoms with Crippen molar-refractivity contribution in [3.63, 3.8) is 0 Å². The first kappa shape index (κ1) is 27.1. The highest BCUT2D eigenvalue weighted by Crippen LogP contribution is 2.65. The van der Waals surface area contributed by atoms with E-state index in [1.807, 2.05) is 6.92 Å². The van der Waals surface area contributed by atoms with Crippen LogP contribution in [0.15, 0.2) is 48.5 Å². The van der Waals surface area contributed by atoms with Crippen LogP contribution >= 0.6 is 69.6 Å². The number of halogens is 6. The number of anilines is 1. The molecule has 184 valence electrons. The number of amides is 1. The monoisotopic (exact) mass is 598 g/mol. The average molecular weight is 601 g/mol. The number of hydrogen-bond acceptors (Lipinski definition) is 3. The van der Waals surface area contributed by atoms with Crippen molar-refractivity contribution in [2.75, 3.05) is 5.32 Å². The zero-order valence-electron chi connectivity index (χ0n) is 18.5. The Labute approximate surface area is 238 Å². The van der Waals surface area contributed by atoms with Gasteiger partial charge in [-0.15, -0.1) is 23.2 Å². The summed E-state index contributed by atoms with van der Waals surface area (Å²) in [5.74, 6) is -2.01. The van der Waals surface area contributed by atoms with E-state index in [2.05, 4.69) is 11.4 Å². The summed E-state index contributed by atoms with van der Waals surface area (Å²) in [4.78, 5) is 26.1. The molecule has 0 radical (unpaired) electrons. The van der Waals surface area contributed by atoms with Gasteiger partial charge in [-0.25, -0.2) is 0 Å². The highest BCUT2D eigenvalue weighted by atomic mass is 35.5. The number of rotatable bonds is 6. The molecule has 1 aliphatic rings. The number of hydrogen-bond donors (Lipinski definition) is 1. The van der Waals surface area contributed by atoms with Gasteiger partial charge in [0.25, 0.3) is 0 Å². The smallest absolute Gasteiger partial charge is 0.231 e. The minimum Gasteiger partial charge on any atom is -0.326 e. The Balaban J connectivity index is 1.52. The molecular weight excluding hydrogens is 585 g/mol. The number of Topliss-reactive ketones (excluding diaryl/α,β-unsaturated/α-hetero) is 1. The van der Waals surface area contributed by atoms with E-state index >= 15 is 0 Å². The Kier molecular flexibility index (Phi) is 7.84. The van der Waals surface area contributed by atoms with Gasteiger partial charge in [-0.2, -0.15) is 5.26 Å². The van der Waals surface area contributed by atoms with Crippen LogP contribution in [0.25, 0.3) is 0 Å². The van der Waals surface area contributed by atoms with Gasteiger partial charge in [-0.05, 0) is 66.1 Å². The molecule has 2 unspecified atom stereocenters. The lowest BCUT2D eigenvalue weighted by atomic mass is 9.97. The maximum absolute atomic E-state index is 13.1. The summed E-state index contributed by atoms with van der Waals surface area (Å²) in [7, 11) is 0. The van der Waals surface area contributed by atoms with Crippen LogP contribution < -0.4 is 5.32 Å². The fourth-order valence-corrected chi connectivity index (χ4v) is 5.76. The van der Waals surface area contributed by atoms with E-state index in [1.165, 1.54) is 12.1 Å². The number of carbonyl (C=O) groups is 2. The third kappa shape index (κ3) is 5.34. The second-order valence-electron chi connectivity index (χ2n) is 8.47. The average Bonchev–Trinajstić information content (AvgIpc) is 3.41. The maximum atomic E-state index is 13.1. The van der Waals surface area contributed by atoms with Gasteiger partial charge in [0.1, 0.15) is 4.33 Å². The van der Waals surface area contributed by atoms with Crippen molar-refractivity contribution in [1.82, 2.24) is 0 Å². The zero-order chi connectivity index (χ0) is 26.4. The van der Waals surface area contributed by atoms with Crippen LogP contribution in [-0.2, 0) is 11.2 Å². The molecule has 0 bridgehead atoms. The van der Waals surface area contributed by atoms with Crippen molar-refractivity contribution in [2.45, 2.75) is 23.6 Å². The summed E-state index contributed by atoms with van der Waals surface area (Å²) in [6.07, 6.45) is 0.0872. The molecule has 0 heterocycles. The van der Waals surface area contributed by atoms with Crippen LogP contribution in [-0.4, -0.2) is 16.0 Å². The second-order valence-corrected chi connectivity index (χ2v) is 11.5. The van der Waals surface area contributed by atoms with Gasteiger partial charge in [-0.3, -0.25) is 9.59 Å². The molecule has 0 saturated heterocycles. The van der Waals surface area contributed by atoms with E-state index in [0.717, 1.165) is 11.1 Å². The molecule has 10 heteroatoms. The zero-order valence-corrected chi connectivity index (χ0v) is 23.0. The summed E-state index contributed by atoms with van der Waals surface area (Å²) in [5, 5.41) is 12.7. The molecule has 1 aliphatic carbocycles. The summed E-state index contributed by atoms with van der Waals surface area (Å²) in [6.45, 7) is 1.83. The van der Waals surface area contributed by atoms with E-state index in [4.69, 9.17) is 74.9 Å². The Bertz CT molecular complexity index is 1420. The molecule has 1 amide bonds. The lowest BCUT2D eigenvalue weighted by molar-refractivity contribution is -0.117. The molecule has 3 aromatic carbocycles. The van der Waals surface area contributed by atoms with Gasteiger partial charge in [0.15, 0.2) is 5.78 Å². The molecule has 36 heavy (non-hydrogen) atoms. The topological polar surface area (TPSA) is 70.0 Å². The molecule has 3 aromatic rings. The summed E-state index contributed by atoms with van der Waals surface area (Å²) in [5.41, 5.74) is 3.33. The quantitative estimate of drug-likeness (QED) is 0.175. The standard InChI is InChI=1S/C26H16Cl6N2O2/c1-12-6-13(11-33)2-3-14(12)9-21(35)17-10-16(4-5-18(17)27)34-25(36)23-22(26(23,31)32)15-7-19(28)24(30)20(29)8-15/h2-8,10,22-23H,9H2,1H3,(H,34,36). The van der Waals surface area contributed by atoms with Crippen LogP contribution in [0, 0.1) is 24.2 Å². The van der Waals surface area contributed by atoms with Crippen LogP contribution in [0.1, 0.15) is 38.5 Å². The first-order chi connectivity index (χ1) is 16.9. The molecule has 1 saturated carbocycles.